The summed E-state index contributed by atoms with van der Waals surface area (Å²) in [6, 6.07) is 5.98. The van der Waals surface area contributed by atoms with E-state index in [1.165, 1.54) is 0 Å². The number of likely N-dealkylation sites (N-methyl/N-ethyl adjacent to an activating group) is 1. The molecule has 0 spiro atoms. The number of hydrogen-bond donors (Lipinski definition) is 1. The van der Waals surface area contributed by atoms with Gasteiger partial charge in [0.25, 0.3) is 5.89 Å². The zero-order valence-corrected chi connectivity index (χ0v) is 12.9. The lowest BCUT2D eigenvalue weighted by atomic mass is 10.2. The van der Waals surface area contributed by atoms with Crippen molar-refractivity contribution in [2.45, 2.75) is 6.42 Å². The maximum Gasteiger partial charge on any atom is 0.259 e. The van der Waals surface area contributed by atoms with Crippen LogP contribution in [0.15, 0.2) is 27.2 Å². The molecule has 4 nitrogen and oxygen atoms in total. The van der Waals surface area contributed by atoms with Crippen LogP contribution in [0.5, 0.6) is 0 Å². The molecular weight excluding hydrogens is 397 g/mol. The number of hydrogen-bond acceptors (Lipinski definition) is 4. The van der Waals surface area contributed by atoms with E-state index in [-0.39, 0.29) is 0 Å². The summed E-state index contributed by atoms with van der Waals surface area (Å²) in [4.78, 5) is 4.38. The van der Waals surface area contributed by atoms with E-state index in [9.17, 15) is 0 Å². The lowest BCUT2D eigenvalue weighted by Crippen LogP contribution is -2.11. The van der Waals surface area contributed by atoms with Gasteiger partial charge in [0.1, 0.15) is 0 Å². The van der Waals surface area contributed by atoms with Crippen molar-refractivity contribution < 1.29 is 4.52 Å². The third kappa shape index (κ3) is 3.26. The molecule has 2 rings (SSSR count). The van der Waals surface area contributed by atoms with Crippen molar-refractivity contribution in [2.24, 2.45) is 0 Å². The highest BCUT2D eigenvalue weighted by Gasteiger charge is 2.12. The average molecular weight is 408 g/mol. The van der Waals surface area contributed by atoms with E-state index < -0.39 is 0 Å². The van der Waals surface area contributed by atoms with Gasteiger partial charge in [-0.1, -0.05) is 21.1 Å². The van der Waals surface area contributed by atoms with Gasteiger partial charge in [0.05, 0.1) is 5.56 Å². The van der Waals surface area contributed by atoms with Crippen LogP contribution in [0.2, 0.25) is 0 Å². The number of nitrogens with zero attached hydrogens (tertiary/aromatic N) is 2. The minimum Gasteiger partial charge on any atom is -0.334 e. The molecule has 0 amide bonds. The lowest BCUT2D eigenvalue weighted by Gasteiger charge is -1.99. The Hall–Kier alpha value is -0.470. The SMILES string of the molecule is CNCCc1noc(-c2cc(Br)ccc2I)n1. The van der Waals surface area contributed by atoms with E-state index >= 15 is 0 Å². The van der Waals surface area contributed by atoms with Crippen molar-refractivity contribution in [3.05, 3.63) is 32.1 Å². The van der Waals surface area contributed by atoms with Crippen LogP contribution in [0.3, 0.4) is 0 Å². The molecule has 6 heteroatoms. The minimum atomic E-state index is 0.571. The first-order valence-corrected chi connectivity index (χ1v) is 7.00. The molecule has 90 valence electrons. The van der Waals surface area contributed by atoms with Crippen molar-refractivity contribution in [3.63, 3.8) is 0 Å². The lowest BCUT2D eigenvalue weighted by molar-refractivity contribution is 0.422. The molecule has 1 aromatic carbocycles. The van der Waals surface area contributed by atoms with Crippen molar-refractivity contribution in [3.8, 4) is 11.5 Å². The van der Waals surface area contributed by atoms with Crippen LogP contribution in [-0.2, 0) is 6.42 Å². The molecule has 0 atom stereocenters. The van der Waals surface area contributed by atoms with Gasteiger partial charge in [-0.3, -0.25) is 0 Å². The highest BCUT2D eigenvalue weighted by Crippen LogP contribution is 2.27. The highest BCUT2D eigenvalue weighted by atomic mass is 127. The molecule has 0 aliphatic rings. The topological polar surface area (TPSA) is 51.0 Å². The number of aromatic nitrogens is 2. The standard InChI is InChI=1S/C11H11BrIN3O/c1-14-5-4-10-15-11(17-16-10)8-6-7(12)2-3-9(8)13/h2-3,6,14H,4-5H2,1H3. The van der Waals surface area contributed by atoms with Gasteiger partial charge in [0, 0.05) is 21.0 Å². The van der Waals surface area contributed by atoms with Gasteiger partial charge in [-0.2, -0.15) is 4.98 Å². The summed E-state index contributed by atoms with van der Waals surface area (Å²) in [7, 11) is 1.90. The van der Waals surface area contributed by atoms with Gasteiger partial charge in [-0.05, 0) is 47.8 Å². The first-order chi connectivity index (χ1) is 8.20. The molecule has 0 saturated heterocycles. The zero-order chi connectivity index (χ0) is 12.3. The zero-order valence-electron chi connectivity index (χ0n) is 9.20. The van der Waals surface area contributed by atoms with Gasteiger partial charge in [0.2, 0.25) is 0 Å². The largest absolute Gasteiger partial charge is 0.334 e. The average Bonchev–Trinajstić information content (AvgIpc) is 2.78. The number of nitrogens with one attached hydrogen (secondary N) is 1. The van der Waals surface area contributed by atoms with Crippen LogP contribution in [-0.4, -0.2) is 23.7 Å². The molecule has 1 heterocycles. The summed E-state index contributed by atoms with van der Waals surface area (Å²) < 4.78 is 7.36. The van der Waals surface area contributed by atoms with Gasteiger partial charge < -0.3 is 9.84 Å². The second-order valence-electron chi connectivity index (χ2n) is 3.49. The number of benzene rings is 1. The molecule has 2 aromatic rings. The first-order valence-electron chi connectivity index (χ1n) is 5.13. The fraction of sp³-hybridized carbons (Fsp3) is 0.273. The Bertz CT molecular complexity index is 515. The number of rotatable bonds is 4. The Morgan fingerprint density at radius 3 is 3.06 bits per heavy atom. The fourth-order valence-corrected chi connectivity index (χ4v) is 2.29. The monoisotopic (exact) mass is 407 g/mol. The Morgan fingerprint density at radius 2 is 2.29 bits per heavy atom. The first kappa shape index (κ1) is 13.0. The van der Waals surface area contributed by atoms with Crippen molar-refractivity contribution in [2.75, 3.05) is 13.6 Å². The van der Waals surface area contributed by atoms with Crippen molar-refractivity contribution in [1.82, 2.24) is 15.5 Å². The highest BCUT2D eigenvalue weighted by molar-refractivity contribution is 14.1. The van der Waals surface area contributed by atoms with Crippen LogP contribution < -0.4 is 5.32 Å². The molecule has 0 unspecified atom stereocenters. The maximum absolute atomic E-state index is 5.27. The van der Waals surface area contributed by atoms with E-state index in [1.807, 2.05) is 25.2 Å². The van der Waals surface area contributed by atoms with Crippen molar-refractivity contribution >= 4 is 38.5 Å². The van der Waals surface area contributed by atoms with Crippen LogP contribution in [0.4, 0.5) is 0 Å². The summed E-state index contributed by atoms with van der Waals surface area (Å²) in [5.41, 5.74) is 0.961. The third-order valence-electron chi connectivity index (χ3n) is 2.23. The normalized spacial score (nSPS) is 10.8. The third-order valence-corrected chi connectivity index (χ3v) is 3.66. The predicted molar refractivity (Wildman–Crippen MR) is 77.8 cm³/mol. The van der Waals surface area contributed by atoms with Gasteiger partial charge in [-0.15, -0.1) is 0 Å². The van der Waals surface area contributed by atoms with E-state index in [1.54, 1.807) is 0 Å². The summed E-state index contributed by atoms with van der Waals surface area (Å²) in [6.07, 6.45) is 0.768. The predicted octanol–water partition coefficient (Wildman–Crippen LogP) is 2.87. The molecule has 0 bridgehead atoms. The van der Waals surface area contributed by atoms with E-state index in [0.717, 1.165) is 32.4 Å². The van der Waals surface area contributed by atoms with Gasteiger partial charge >= 0.3 is 0 Å². The van der Waals surface area contributed by atoms with E-state index in [2.05, 4.69) is 54.0 Å². The quantitative estimate of drug-likeness (QED) is 0.792. The summed E-state index contributed by atoms with van der Waals surface area (Å²) in [6.45, 7) is 0.842. The fourth-order valence-electron chi connectivity index (χ4n) is 1.36. The molecule has 17 heavy (non-hydrogen) atoms. The Balaban J connectivity index is 2.27. The molecule has 0 aliphatic heterocycles. The van der Waals surface area contributed by atoms with Crippen LogP contribution in [0.1, 0.15) is 5.82 Å². The molecular formula is C11H11BrIN3O. The smallest absolute Gasteiger partial charge is 0.259 e. The second-order valence-corrected chi connectivity index (χ2v) is 5.57. The van der Waals surface area contributed by atoms with Crippen LogP contribution in [0.25, 0.3) is 11.5 Å². The summed E-state index contributed by atoms with van der Waals surface area (Å²) in [5, 5.41) is 7.01. The van der Waals surface area contributed by atoms with Crippen LogP contribution >= 0.6 is 38.5 Å². The Labute approximate surface area is 121 Å². The molecule has 1 N–H and O–H groups in total. The maximum atomic E-state index is 5.27. The number of halogens is 2. The van der Waals surface area contributed by atoms with Crippen molar-refractivity contribution in [1.29, 1.82) is 0 Å². The second kappa shape index (κ2) is 5.92. The molecule has 0 saturated carbocycles. The molecule has 0 radical (unpaired) electrons. The van der Waals surface area contributed by atoms with Gasteiger partial charge in [-0.25, -0.2) is 0 Å². The molecule has 0 aliphatic carbocycles. The Morgan fingerprint density at radius 1 is 1.47 bits per heavy atom. The Kier molecular flexibility index (Phi) is 4.52. The van der Waals surface area contributed by atoms with E-state index in [4.69, 9.17) is 4.52 Å². The van der Waals surface area contributed by atoms with E-state index in [0.29, 0.717) is 5.89 Å². The minimum absolute atomic E-state index is 0.571. The summed E-state index contributed by atoms with van der Waals surface area (Å²) >= 11 is 5.70. The van der Waals surface area contributed by atoms with Crippen LogP contribution in [0, 0.1) is 3.57 Å². The molecule has 0 fully saturated rings. The van der Waals surface area contributed by atoms with Gasteiger partial charge in [0.15, 0.2) is 5.82 Å². The molecule has 1 aromatic heterocycles. The summed E-state index contributed by atoms with van der Waals surface area (Å²) in [5.74, 6) is 1.30.